The Morgan fingerprint density at radius 2 is 2.10 bits per heavy atom. The fourth-order valence-corrected chi connectivity index (χ4v) is 3.05. The molecule has 3 aromatic heterocycles. The number of hydrazone groups is 1. The first-order valence-corrected chi connectivity index (χ1v) is 9.39. The number of methoxy groups -OCH3 is 1. The molecule has 1 amide bonds. The number of nitrogens with one attached hydrogen (secondary N) is 1. The van der Waals surface area contributed by atoms with Crippen LogP contribution in [0.25, 0.3) is 11.0 Å². The van der Waals surface area contributed by atoms with Crippen molar-refractivity contribution in [1.82, 2.24) is 20.4 Å². The number of rotatable bonds is 7. The maximum Gasteiger partial charge on any atom is 0.280 e. The number of carbonyl (C=O) groups excluding carboxylic acids is 1. The lowest BCUT2D eigenvalue weighted by Crippen LogP contribution is -2.32. The average molecular weight is 421 g/mol. The normalized spacial score (nSPS) is 11.3. The summed E-state index contributed by atoms with van der Waals surface area (Å²) >= 11 is 0. The molecular formula is C21H19N5O5. The van der Waals surface area contributed by atoms with Crippen molar-refractivity contribution in [2.24, 2.45) is 5.10 Å². The molecule has 0 bridgehead atoms. The molecule has 0 spiro atoms. The third-order valence-corrected chi connectivity index (χ3v) is 4.56. The van der Waals surface area contributed by atoms with Crippen molar-refractivity contribution in [1.29, 1.82) is 0 Å². The van der Waals surface area contributed by atoms with E-state index in [4.69, 9.17) is 13.7 Å². The minimum Gasteiger partial charge on any atom is -0.497 e. The molecule has 0 aliphatic rings. The first-order chi connectivity index (χ1) is 15.0. The Kier molecular flexibility index (Phi) is 5.61. The zero-order chi connectivity index (χ0) is 21.8. The summed E-state index contributed by atoms with van der Waals surface area (Å²) in [4.78, 5) is 25.1. The van der Waals surface area contributed by atoms with Gasteiger partial charge in [0.05, 0.1) is 25.3 Å². The predicted octanol–water partition coefficient (Wildman–Crippen LogP) is 2.04. The van der Waals surface area contributed by atoms with Gasteiger partial charge in [-0.25, -0.2) is 10.1 Å². The van der Waals surface area contributed by atoms with Gasteiger partial charge in [-0.15, -0.1) is 0 Å². The average Bonchev–Trinajstić information content (AvgIpc) is 3.42. The number of nitrogens with zero attached hydrogens (tertiary/aromatic N) is 4. The van der Waals surface area contributed by atoms with Crippen molar-refractivity contribution < 1.29 is 18.5 Å². The van der Waals surface area contributed by atoms with Crippen LogP contribution in [0.1, 0.15) is 22.7 Å². The lowest BCUT2D eigenvalue weighted by molar-refractivity contribution is -0.121. The zero-order valence-electron chi connectivity index (χ0n) is 16.9. The molecule has 0 radical (unpaired) electrons. The number of hydrogen-bond acceptors (Lipinski definition) is 8. The second kappa shape index (κ2) is 8.66. The van der Waals surface area contributed by atoms with Crippen LogP contribution < -0.4 is 15.7 Å². The van der Waals surface area contributed by atoms with E-state index in [1.165, 1.54) is 12.5 Å². The van der Waals surface area contributed by atoms with E-state index in [-0.39, 0.29) is 6.54 Å². The molecule has 0 atom stereocenters. The first-order valence-electron chi connectivity index (χ1n) is 9.39. The van der Waals surface area contributed by atoms with Gasteiger partial charge in [0.25, 0.3) is 11.5 Å². The highest BCUT2D eigenvalue weighted by molar-refractivity contribution is 5.82. The zero-order valence-corrected chi connectivity index (χ0v) is 16.9. The largest absolute Gasteiger partial charge is 0.497 e. The Bertz CT molecular complexity index is 1290. The van der Waals surface area contributed by atoms with Crippen LogP contribution in [0.2, 0.25) is 0 Å². The SMILES string of the molecule is COc1ccc(Cc2nn(CC(=O)N/N=C/c3ccco3)c(=O)c3c(C)noc23)cc1. The Labute approximate surface area is 176 Å². The van der Waals surface area contributed by atoms with Crippen molar-refractivity contribution in [3.8, 4) is 5.75 Å². The van der Waals surface area contributed by atoms with Crippen molar-refractivity contribution >= 4 is 23.1 Å². The van der Waals surface area contributed by atoms with Crippen molar-refractivity contribution in [3.05, 3.63) is 75.7 Å². The summed E-state index contributed by atoms with van der Waals surface area (Å²) in [5.41, 5.74) is 4.06. The molecule has 10 heteroatoms. The molecule has 0 fully saturated rings. The van der Waals surface area contributed by atoms with Gasteiger partial charge in [-0.3, -0.25) is 9.59 Å². The Morgan fingerprint density at radius 1 is 1.29 bits per heavy atom. The molecule has 4 rings (SSSR count). The van der Waals surface area contributed by atoms with Crippen LogP contribution in [0, 0.1) is 6.92 Å². The number of amides is 1. The van der Waals surface area contributed by atoms with Gasteiger partial charge in [0.15, 0.2) is 5.58 Å². The standard InChI is InChI=1S/C21H19N5O5/c1-13-19-20(31-25-13)17(10-14-5-7-15(29-2)8-6-14)24-26(21(19)28)12-18(27)23-22-11-16-4-3-9-30-16/h3-9,11H,10,12H2,1-2H3,(H,23,27)/b22-11+. The fraction of sp³-hybridized carbons (Fsp3) is 0.190. The highest BCUT2D eigenvalue weighted by Gasteiger charge is 2.19. The van der Waals surface area contributed by atoms with E-state index < -0.39 is 11.5 Å². The summed E-state index contributed by atoms with van der Waals surface area (Å²) < 4.78 is 16.7. The monoisotopic (exact) mass is 421 g/mol. The number of fused-ring (bicyclic) bond motifs is 1. The summed E-state index contributed by atoms with van der Waals surface area (Å²) in [5, 5.41) is 12.4. The van der Waals surface area contributed by atoms with E-state index in [0.29, 0.717) is 34.5 Å². The van der Waals surface area contributed by atoms with Crippen LogP contribution in [0.15, 0.2) is 61.5 Å². The number of carbonyl (C=O) groups is 1. The Hall–Kier alpha value is -4.21. The lowest BCUT2D eigenvalue weighted by Gasteiger charge is -2.08. The summed E-state index contributed by atoms with van der Waals surface area (Å²) in [6, 6.07) is 10.8. The van der Waals surface area contributed by atoms with E-state index in [9.17, 15) is 9.59 Å². The van der Waals surface area contributed by atoms with Gasteiger partial charge < -0.3 is 13.7 Å². The molecule has 31 heavy (non-hydrogen) atoms. The highest BCUT2D eigenvalue weighted by Crippen LogP contribution is 2.20. The maximum atomic E-state index is 12.8. The molecular weight excluding hydrogens is 402 g/mol. The van der Waals surface area contributed by atoms with Gasteiger partial charge in [-0.05, 0) is 36.8 Å². The van der Waals surface area contributed by atoms with E-state index in [2.05, 4.69) is 20.8 Å². The van der Waals surface area contributed by atoms with E-state index in [1.807, 2.05) is 24.3 Å². The Balaban J connectivity index is 1.60. The Morgan fingerprint density at radius 3 is 2.81 bits per heavy atom. The van der Waals surface area contributed by atoms with Crippen LogP contribution in [-0.2, 0) is 17.8 Å². The number of benzene rings is 1. The molecule has 3 heterocycles. The summed E-state index contributed by atoms with van der Waals surface area (Å²) in [6.07, 6.45) is 3.23. The minimum atomic E-state index is -0.513. The lowest BCUT2D eigenvalue weighted by atomic mass is 10.1. The molecule has 10 nitrogen and oxygen atoms in total. The van der Waals surface area contributed by atoms with Gasteiger partial charge >= 0.3 is 0 Å². The molecule has 0 saturated heterocycles. The fourth-order valence-electron chi connectivity index (χ4n) is 3.05. The van der Waals surface area contributed by atoms with Crippen LogP contribution in [0.3, 0.4) is 0 Å². The molecule has 1 N–H and O–H groups in total. The number of hydrogen-bond donors (Lipinski definition) is 1. The highest BCUT2D eigenvalue weighted by atomic mass is 16.5. The van der Waals surface area contributed by atoms with Crippen LogP contribution in [0.4, 0.5) is 0 Å². The van der Waals surface area contributed by atoms with Gasteiger partial charge in [-0.1, -0.05) is 17.3 Å². The van der Waals surface area contributed by atoms with E-state index in [1.54, 1.807) is 26.2 Å². The minimum absolute atomic E-state index is 0.297. The predicted molar refractivity (Wildman–Crippen MR) is 111 cm³/mol. The van der Waals surface area contributed by atoms with Gasteiger partial charge in [0.2, 0.25) is 0 Å². The van der Waals surface area contributed by atoms with E-state index >= 15 is 0 Å². The molecule has 1 aromatic carbocycles. The topological polar surface area (TPSA) is 125 Å². The smallest absolute Gasteiger partial charge is 0.280 e. The third-order valence-electron chi connectivity index (χ3n) is 4.56. The van der Waals surface area contributed by atoms with Gasteiger partial charge in [-0.2, -0.15) is 10.2 Å². The first kappa shape index (κ1) is 20.1. The number of ether oxygens (including phenoxy) is 1. The van der Waals surface area contributed by atoms with Crippen molar-refractivity contribution in [2.45, 2.75) is 19.9 Å². The second-order valence-electron chi connectivity index (χ2n) is 6.72. The summed E-state index contributed by atoms with van der Waals surface area (Å²) in [7, 11) is 1.59. The summed E-state index contributed by atoms with van der Waals surface area (Å²) in [5.74, 6) is 0.703. The summed E-state index contributed by atoms with van der Waals surface area (Å²) in [6.45, 7) is 1.35. The molecule has 0 unspecified atom stereocenters. The molecule has 4 aromatic rings. The van der Waals surface area contributed by atoms with Gasteiger partial charge in [0.1, 0.15) is 29.1 Å². The number of aryl methyl sites for hydroxylation is 1. The van der Waals surface area contributed by atoms with Crippen LogP contribution >= 0.6 is 0 Å². The van der Waals surface area contributed by atoms with E-state index in [0.717, 1.165) is 16.0 Å². The van der Waals surface area contributed by atoms with Crippen molar-refractivity contribution in [2.75, 3.05) is 7.11 Å². The molecule has 0 aliphatic carbocycles. The second-order valence-corrected chi connectivity index (χ2v) is 6.72. The molecule has 0 aliphatic heterocycles. The maximum absolute atomic E-state index is 12.8. The number of furan rings is 1. The molecule has 158 valence electrons. The quantitative estimate of drug-likeness (QED) is 0.358. The third kappa shape index (κ3) is 4.37. The van der Waals surface area contributed by atoms with Crippen molar-refractivity contribution in [3.63, 3.8) is 0 Å². The van der Waals surface area contributed by atoms with Crippen LogP contribution in [0.5, 0.6) is 5.75 Å². The van der Waals surface area contributed by atoms with Gasteiger partial charge in [0, 0.05) is 6.42 Å². The molecule has 0 saturated carbocycles. The van der Waals surface area contributed by atoms with Crippen LogP contribution in [-0.4, -0.2) is 34.2 Å². The number of aromatic nitrogens is 3.